The van der Waals surface area contributed by atoms with E-state index in [1.54, 1.807) is 0 Å². The molecule has 1 aromatic carbocycles. The quantitative estimate of drug-likeness (QED) is 0.250. The number of nitrogens with zero attached hydrogens (tertiary/aromatic N) is 3. The lowest BCUT2D eigenvalue weighted by Gasteiger charge is -2.22. The molecular formula is C22H31Br2N3. The summed E-state index contributed by atoms with van der Waals surface area (Å²) in [5, 5.41) is 1.39. The second kappa shape index (κ2) is 10.4. The van der Waals surface area contributed by atoms with E-state index in [9.17, 15) is 0 Å². The fourth-order valence-corrected chi connectivity index (χ4v) is 3.44. The monoisotopic (exact) mass is 495 g/mol. The van der Waals surface area contributed by atoms with Crippen molar-refractivity contribution in [2.45, 2.75) is 25.8 Å². The molecule has 0 atom stereocenters. The van der Waals surface area contributed by atoms with E-state index < -0.39 is 0 Å². The van der Waals surface area contributed by atoms with Crippen LogP contribution >= 0.6 is 0 Å². The summed E-state index contributed by atoms with van der Waals surface area (Å²) in [7, 11) is 8.89. The fourth-order valence-electron chi connectivity index (χ4n) is 3.44. The summed E-state index contributed by atoms with van der Waals surface area (Å²) >= 11 is 0. The van der Waals surface area contributed by atoms with Crippen molar-refractivity contribution in [3.63, 3.8) is 0 Å². The molecule has 0 spiro atoms. The second-order valence-electron chi connectivity index (χ2n) is 8.09. The molecule has 0 saturated heterocycles. The SMILES string of the molecule is Cn1cc(CCc2cc[n+](CCC[N+](C)(C)C)cc2)c2ccccc21.[Br-].[Br-]. The largest absolute Gasteiger partial charge is 1.00 e. The number of benzene rings is 1. The van der Waals surface area contributed by atoms with Crippen molar-refractivity contribution in [3.05, 3.63) is 66.1 Å². The van der Waals surface area contributed by atoms with Crippen LogP contribution in [0.5, 0.6) is 0 Å². The number of hydrogen-bond acceptors (Lipinski definition) is 0. The highest BCUT2D eigenvalue weighted by atomic mass is 79.9. The summed E-state index contributed by atoms with van der Waals surface area (Å²) in [4.78, 5) is 0. The summed E-state index contributed by atoms with van der Waals surface area (Å²) in [5.74, 6) is 0. The van der Waals surface area contributed by atoms with E-state index >= 15 is 0 Å². The van der Waals surface area contributed by atoms with Crippen LogP contribution in [0.2, 0.25) is 0 Å². The molecule has 3 rings (SSSR count). The Bertz CT molecular complexity index is 833. The molecular weight excluding hydrogens is 466 g/mol. The molecule has 0 fully saturated rings. The summed E-state index contributed by atoms with van der Waals surface area (Å²) in [6, 6.07) is 13.2. The van der Waals surface area contributed by atoms with Gasteiger partial charge in [-0.3, -0.25) is 0 Å². The van der Waals surface area contributed by atoms with Crippen molar-refractivity contribution in [2.24, 2.45) is 7.05 Å². The lowest BCUT2D eigenvalue weighted by molar-refractivity contribution is -0.873. The van der Waals surface area contributed by atoms with E-state index in [1.165, 1.54) is 35.0 Å². The molecule has 5 heteroatoms. The minimum atomic E-state index is 0. The predicted octanol–water partition coefficient (Wildman–Crippen LogP) is -2.64. The Morgan fingerprint density at radius 2 is 1.59 bits per heavy atom. The molecule has 0 aliphatic carbocycles. The van der Waals surface area contributed by atoms with Gasteiger partial charge in [-0.15, -0.1) is 0 Å². The third kappa shape index (κ3) is 6.74. The molecule has 2 heterocycles. The summed E-state index contributed by atoms with van der Waals surface area (Å²) in [5.41, 5.74) is 4.18. The number of pyridine rings is 1. The van der Waals surface area contributed by atoms with Crippen molar-refractivity contribution in [2.75, 3.05) is 27.7 Å². The van der Waals surface area contributed by atoms with Crippen LogP contribution in [-0.2, 0) is 26.4 Å². The minimum Gasteiger partial charge on any atom is -1.00 e. The number of hydrogen-bond donors (Lipinski definition) is 0. The molecule has 2 aromatic heterocycles. The van der Waals surface area contributed by atoms with Gasteiger partial charge in [0.05, 0.1) is 34.1 Å². The summed E-state index contributed by atoms with van der Waals surface area (Å²) < 4.78 is 5.57. The van der Waals surface area contributed by atoms with Crippen molar-refractivity contribution < 1.29 is 43.0 Å². The number of quaternary nitrogens is 1. The van der Waals surface area contributed by atoms with Crippen LogP contribution in [0.4, 0.5) is 0 Å². The zero-order valence-electron chi connectivity index (χ0n) is 16.8. The number of para-hydroxylation sites is 1. The van der Waals surface area contributed by atoms with Crippen LogP contribution in [0.15, 0.2) is 55.0 Å². The van der Waals surface area contributed by atoms with Crippen LogP contribution < -0.4 is 38.5 Å². The fraction of sp³-hybridized carbons (Fsp3) is 0.409. The standard InChI is InChI=1S/C22H31N3.2BrH/c1-23-18-20(21-8-5-6-9-22(21)23)11-10-19-12-15-24(16-13-19)14-7-17-25(2,3)4;;/h5-6,8-9,12-13,15-16,18H,7,10-11,14,17H2,1-4H3;2*1H/q+2;;/p-2. The highest BCUT2D eigenvalue weighted by molar-refractivity contribution is 5.83. The maximum Gasteiger partial charge on any atom is 0.169 e. The third-order valence-corrected chi connectivity index (χ3v) is 4.87. The van der Waals surface area contributed by atoms with Crippen molar-refractivity contribution in [1.29, 1.82) is 0 Å². The van der Waals surface area contributed by atoms with E-state index in [4.69, 9.17) is 0 Å². The first-order chi connectivity index (χ1) is 11.9. The van der Waals surface area contributed by atoms with Gasteiger partial charge in [0.25, 0.3) is 0 Å². The first-order valence-electron chi connectivity index (χ1n) is 9.24. The van der Waals surface area contributed by atoms with Crippen LogP contribution in [0.1, 0.15) is 17.5 Å². The highest BCUT2D eigenvalue weighted by Gasteiger charge is 2.10. The molecule has 0 bridgehead atoms. The zero-order chi connectivity index (χ0) is 17.9. The molecule has 0 radical (unpaired) electrons. The Kier molecular flexibility index (Phi) is 9.19. The molecule has 0 N–H and O–H groups in total. The highest BCUT2D eigenvalue weighted by Crippen LogP contribution is 2.21. The van der Waals surface area contributed by atoms with Gasteiger partial charge in [-0.1, -0.05) is 18.2 Å². The summed E-state index contributed by atoms with van der Waals surface area (Å²) in [6.45, 7) is 2.30. The van der Waals surface area contributed by atoms with Crippen LogP contribution in [0, 0.1) is 0 Å². The molecule has 3 nitrogen and oxygen atoms in total. The normalized spacial score (nSPS) is 11.1. The molecule has 0 aliphatic rings. The number of aryl methyl sites for hydroxylation is 4. The Hall–Kier alpha value is -1.17. The lowest BCUT2D eigenvalue weighted by Crippen LogP contribution is -3.00. The zero-order valence-corrected chi connectivity index (χ0v) is 20.0. The third-order valence-electron chi connectivity index (χ3n) is 4.87. The van der Waals surface area contributed by atoms with Gasteiger partial charge in [0.15, 0.2) is 18.9 Å². The van der Waals surface area contributed by atoms with Crippen LogP contribution in [-0.4, -0.2) is 36.7 Å². The average Bonchev–Trinajstić information content (AvgIpc) is 2.90. The smallest absolute Gasteiger partial charge is 0.169 e. The molecule has 0 aliphatic heterocycles. The van der Waals surface area contributed by atoms with Gasteiger partial charge in [-0.25, -0.2) is 4.57 Å². The van der Waals surface area contributed by atoms with E-state index in [2.05, 4.69) is 92.3 Å². The molecule has 148 valence electrons. The molecule has 3 aromatic rings. The topological polar surface area (TPSA) is 8.81 Å². The van der Waals surface area contributed by atoms with Gasteiger partial charge in [-0.05, 0) is 30.0 Å². The van der Waals surface area contributed by atoms with E-state index in [1.807, 2.05) is 0 Å². The van der Waals surface area contributed by atoms with E-state index in [0.717, 1.165) is 23.9 Å². The van der Waals surface area contributed by atoms with Crippen molar-refractivity contribution in [3.8, 4) is 0 Å². The Morgan fingerprint density at radius 1 is 0.926 bits per heavy atom. The van der Waals surface area contributed by atoms with Gasteiger partial charge in [-0.2, -0.15) is 0 Å². The van der Waals surface area contributed by atoms with Gasteiger partial charge in [0.1, 0.15) is 0 Å². The van der Waals surface area contributed by atoms with Gasteiger partial charge >= 0.3 is 0 Å². The molecule has 0 saturated carbocycles. The second-order valence-corrected chi connectivity index (χ2v) is 8.09. The predicted molar refractivity (Wildman–Crippen MR) is 104 cm³/mol. The van der Waals surface area contributed by atoms with Crippen molar-refractivity contribution >= 4 is 10.9 Å². The Labute approximate surface area is 184 Å². The van der Waals surface area contributed by atoms with Crippen LogP contribution in [0.25, 0.3) is 10.9 Å². The van der Waals surface area contributed by atoms with Crippen LogP contribution in [0.3, 0.4) is 0 Å². The maximum atomic E-state index is 2.30. The first kappa shape index (κ1) is 23.9. The van der Waals surface area contributed by atoms with E-state index in [-0.39, 0.29) is 34.0 Å². The number of fused-ring (bicyclic) bond motifs is 1. The number of aromatic nitrogens is 2. The number of halogens is 2. The molecule has 0 unspecified atom stereocenters. The Morgan fingerprint density at radius 3 is 2.26 bits per heavy atom. The Balaban J connectivity index is 0.00000182. The molecule has 27 heavy (non-hydrogen) atoms. The minimum absolute atomic E-state index is 0. The number of rotatable bonds is 7. The van der Waals surface area contributed by atoms with E-state index in [0.29, 0.717) is 0 Å². The maximum absolute atomic E-state index is 2.30. The van der Waals surface area contributed by atoms with Gasteiger partial charge in [0.2, 0.25) is 0 Å². The first-order valence-corrected chi connectivity index (χ1v) is 9.24. The van der Waals surface area contributed by atoms with Gasteiger partial charge < -0.3 is 43.0 Å². The van der Waals surface area contributed by atoms with Crippen molar-refractivity contribution in [1.82, 2.24) is 4.57 Å². The molecule has 0 amide bonds. The summed E-state index contributed by atoms with van der Waals surface area (Å²) in [6.07, 6.45) is 10.1. The van der Waals surface area contributed by atoms with Gasteiger partial charge in [0, 0.05) is 36.3 Å². The average molecular weight is 497 g/mol. The lowest BCUT2D eigenvalue weighted by atomic mass is 10.0.